The van der Waals surface area contributed by atoms with E-state index in [2.05, 4.69) is 86.8 Å². The van der Waals surface area contributed by atoms with Crippen LogP contribution < -0.4 is 10.2 Å². The van der Waals surface area contributed by atoms with Crippen LogP contribution in [0.1, 0.15) is 374 Å². The second kappa shape index (κ2) is 69.3. The van der Waals surface area contributed by atoms with Crippen LogP contribution in [-0.2, 0) is 27.9 Å². The summed E-state index contributed by atoms with van der Waals surface area (Å²) in [5, 5.41) is 3.05. The number of allylic oxidation sites excluding steroid dienone is 11. The molecular formula is C80H149N2O7P. The number of quaternary nitrogens is 1. The van der Waals surface area contributed by atoms with Gasteiger partial charge in [0.2, 0.25) is 5.91 Å². The second-order valence-electron chi connectivity index (χ2n) is 27.5. The minimum absolute atomic E-state index is 0.0239. The molecule has 1 N–H and O–H groups in total. The topological polar surface area (TPSA) is 114 Å². The Balaban J connectivity index is 4.95. The average Bonchev–Trinajstić information content (AvgIpc) is 3.11. The predicted octanol–water partition coefficient (Wildman–Crippen LogP) is 24.4. The highest BCUT2D eigenvalue weighted by Gasteiger charge is 2.27. The molecule has 0 aliphatic carbocycles. The summed E-state index contributed by atoms with van der Waals surface area (Å²) in [5.41, 5.74) is 0. The van der Waals surface area contributed by atoms with Gasteiger partial charge in [0.1, 0.15) is 19.3 Å². The molecule has 0 aliphatic rings. The number of carbonyl (C=O) groups is 2. The van der Waals surface area contributed by atoms with E-state index in [1.54, 1.807) is 0 Å². The van der Waals surface area contributed by atoms with E-state index in [9.17, 15) is 19.0 Å². The van der Waals surface area contributed by atoms with E-state index in [1.807, 2.05) is 33.3 Å². The summed E-state index contributed by atoms with van der Waals surface area (Å²) in [6.45, 7) is 6.78. The molecule has 0 bridgehead atoms. The molecule has 0 rings (SSSR count). The molecule has 0 radical (unpaired) electrons. The van der Waals surface area contributed by atoms with Crippen LogP contribution in [0.25, 0.3) is 0 Å². The van der Waals surface area contributed by atoms with Gasteiger partial charge >= 0.3 is 5.97 Å². The van der Waals surface area contributed by atoms with E-state index in [1.165, 1.54) is 238 Å². The van der Waals surface area contributed by atoms with E-state index >= 15 is 0 Å². The van der Waals surface area contributed by atoms with Crippen LogP contribution in [0.3, 0.4) is 0 Å². The van der Waals surface area contributed by atoms with Crippen LogP contribution in [0, 0.1) is 0 Å². The number of carbonyl (C=O) groups excluding carboxylic acids is 2. The molecule has 3 unspecified atom stereocenters. The number of phosphoric ester groups is 1. The highest BCUT2D eigenvalue weighted by Crippen LogP contribution is 2.38. The minimum Gasteiger partial charge on any atom is -0.756 e. The summed E-state index contributed by atoms with van der Waals surface area (Å²) in [6, 6.07) is -0.894. The first-order valence-electron chi connectivity index (χ1n) is 38.7. The van der Waals surface area contributed by atoms with Crippen molar-refractivity contribution in [1.29, 1.82) is 0 Å². The Bertz CT molecular complexity index is 1770. The molecule has 0 spiro atoms. The number of amides is 1. The van der Waals surface area contributed by atoms with E-state index in [-0.39, 0.29) is 31.5 Å². The maximum absolute atomic E-state index is 13.6. The summed E-state index contributed by atoms with van der Waals surface area (Å²) in [6.07, 6.45) is 91.9. The van der Waals surface area contributed by atoms with E-state index in [0.717, 1.165) is 103 Å². The second-order valence-corrected chi connectivity index (χ2v) is 28.9. The van der Waals surface area contributed by atoms with Crippen LogP contribution in [0.2, 0.25) is 0 Å². The lowest BCUT2D eigenvalue weighted by Gasteiger charge is -2.30. The lowest BCUT2D eigenvalue weighted by molar-refractivity contribution is -0.870. The number of hydrogen-bond acceptors (Lipinski definition) is 7. The van der Waals surface area contributed by atoms with Crippen LogP contribution in [0.5, 0.6) is 0 Å². The Morgan fingerprint density at radius 2 is 0.711 bits per heavy atom. The first kappa shape index (κ1) is 87.5. The van der Waals surface area contributed by atoms with Gasteiger partial charge in [-0.2, -0.15) is 0 Å². The van der Waals surface area contributed by atoms with Crippen molar-refractivity contribution in [2.45, 2.75) is 386 Å². The average molecular weight is 1280 g/mol. The zero-order valence-corrected chi connectivity index (χ0v) is 61.2. The largest absolute Gasteiger partial charge is 0.756 e. The molecule has 0 aliphatic heterocycles. The van der Waals surface area contributed by atoms with Crippen molar-refractivity contribution in [2.24, 2.45) is 0 Å². The fraction of sp³-hybridized carbons (Fsp3) is 0.825. The molecule has 9 nitrogen and oxygen atoms in total. The highest BCUT2D eigenvalue weighted by molar-refractivity contribution is 7.45. The molecule has 0 aromatic heterocycles. The Labute approximate surface area is 559 Å². The Hall–Kier alpha value is -2.55. The van der Waals surface area contributed by atoms with E-state index in [0.29, 0.717) is 17.4 Å². The molecule has 3 atom stereocenters. The number of ether oxygens (including phenoxy) is 1. The van der Waals surface area contributed by atoms with Gasteiger partial charge in [0.25, 0.3) is 7.82 Å². The van der Waals surface area contributed by atoms with Gasteiger partial charge in [-0.25, -0.2) is 0 Å². The van der Waals surface area contributed by atoms with Crippen LogP contribution in [0.15, 0.2) is 72.9 Å². The molecule has 10 heteroatoms. The SMILES string of the molecule is CC/C=C\C/C=C\C/C=C\C/C=C\C/C=C\CCCCCCCCCCCC(=O)NC(COP(=O)([O-])OCC[N+](C)(C)C)C(/C=C/CCCCCCCCCCCC)OC(=O)CCCCCCCCCCCCCCCCCCCCCCCCCCCCC. The van der Waals surface area contributed by atoms with Gasteiger partial charge in [-0.1, -0.05) is 357 Å². The van der Waals surface area contributed by atoms with Crippen LogP contribution in [0.4, 0.5) is 0 Å². The van der Waals surface area contributed by atoms with Crippen LogP contribution in [-0.4, -0.2) is 69.4 Å². The van der Waals surface area contributed by atoms with Gasteiger partial charge < -0.3 is 28.5 Å². The van der Waals surface area contributed by atoms with Gasteiger partial charge in [0, 0.05) is 12.8 Å². The first-order valence-corrected chi connectivity index (χ1v) is 40.2. The highest BCUT2D eigenvalue weighted by atomic mass is 31.2. The first-order chi connectivity index (χ1) is 43.9. The van der Waals surface area contributed by atoms with E-state index < -0.39 is 20.0 Å². The van der Waals surface area contributed by atoms with Gasteiger partial charge in [-0.15, -0.1) is 0 Å². The van der Waals surface area contributed by atoms with Gasteiger partial charge in [-0.05, 0) is 76.7 Å². The molecule has 90 heavy (non-hydrogen) atoms. The third-order valence-corrected chi connectivity index (χ3v) is 18.4. The molecule has 526 valence electrons. The minimum atomic E-state index is -4.71. The van der Waals surface area contributed by atoms with Crippen molar-refractivity contribution in [1.82, 2.24) is 5.32 Å². The number of phosphoric acid groups is 1. The summed E-state index contributed by atoms with van der Waals surface area (Å²) < 4.78 is 30.5. The van der Waals surface area contributed by atoms with Crippen molar-refractivity contribution in [3.63, 3.8) is 0 Å². The van der Waals surface area contributed by atoms with Crippen molar-refractivity contribution >= 4 is 19.7 Å². The summed E-state index contributed by atoms with van der Waals surface area (Å²) in [4.78, 5) is 40.3. The monoisotopic (exact) mass is 1280 g/mol. The number of rotatable bonds is 71. The number of hydrogen-bond donors (Lipinski definition) is 1. The molecular weight excluding hydrogens is 1130 g/mol. The number of likely N-dealkylation sites (N-methyl/N-ethyl adjacent to an activating group) is 1. The smallest absolute Gasteiger partial charge is 0.306 e. The summed E-state index contributed by atoms with van der Waals surface area (Å²) in [7, 11) is 1.19. The normalized spacial score (nSPS) is 13.8. The van der Waals surface area contributed by atoms with Crippen molar-refractivity contribution < 1.29 is 37.3 Å². The molecule has 1 amide bonds. The maximum atomic E-state index is 13.6. The predicted molar refractivity (Wildman–Crippen MR) is 390 cm³/mol. The number of unbranched alkanes of at least 4 members (excludes halogenated alkanes) is 45. The number of nitrogens with one attached hydrogen (secondary N) is 1. The number of esters is 1. The summed E-state index contributed by atoms with van der Waals surface area (Å²) in [5.74, 6) is -0.533. The Morgan fingerprint density at radius 1 is 0.400 bits per heavy atom. The fourth-order valence-corrected chi connectivity index (χ4v) is 12.2. The fourth-order valence-electron chi connectivity index (χ4n) is 11.5. The van der Waals surface area contributed by atoms with Crippen LogP contribution >= 0.6 is 7.82 Å². The Morgan fingerprint density at radius 3 is 1.07 bits per heavy atom. The van der Waals surface area contributed by atoms with Crippen molar-refractivity contribution in [3.8, 4) is 0 Å². The van der Waals surface area contributed by atoms with Gasteiger partial charge in [-0.3, -0.25) is 14.2 Å². The third-order valence-electron chi connectivity index (χ3n) is 17.4. The lowest BCUT2D eigenvalue weighted by Crippen LogP contribution is -2.47. The zero-order valence-electron chi connectivity index (χ0n) is 60.3. The van der Waals surface area contributed by atoms with Gasteiger partial charge in [0.15, 0.2) is 0 Å². The zero-order chi connectivity index (χ0) is 65.6. The molecule has 0 heterocycles. The lowest BCUT2D eigenvalue weighted by atomic mass is 10.0. The standard InChI is InChI=1S/C80H149N2O7P/c1-7-10-13-16-19-22-25-28-30-32-34-36-38-40-41-43-45-47-49-51-53-55-58-61-64-67-70-73-80(84)89-78(71-68-65-62-59-56-27-24-21-18-15-12-9-3)77(76-88-90(85,86)87-75-74-82(4,5)6)81-79(83)72-69-66-63-60-57-54-52-50-48-46-44-42-39-37-35-33-31-29-26-23-20-17-14-11-8-2/h11,14,20,23,29,31,35,37,42,44,68,71,77-78H,7-10,12-13,15-19,21-22,24-28,30,32-34,36,38-41,43,45-67,69-70,72-76H2,1-6H3,(H-,81,83,85,86)/b14-11-,23-20-,31-29-,37-35-,44-42-,71-68+. The maximum Gasteiger partial charge on any atom is 0.306 e. The molecule has 0 aromatic rings. The third kappa shape index (κ3) is 69.8. The quantitative estimate of drug-likeness (QED) is 0.0212. The Kier molecular flexibility index (Phi) is 67.3. The van der Waals surface area contributed by atoms with Crippen molar-refractivity contribution in [3.05, 3.63) is 72.9 Å². The molecule has 0 saturated heterocycles. The van der Waals surface area contributed by atoms with Crippen molar-refractivity contribution in [2.75, 3.05) is 40.9 Å². The van der Waals surface area contributed by atoms with E-state index in [4.69, 9.17) is 13.8 Å². The molecule has 0 aromatic carbocycles. The molecule has 0 fully saturated rings. The van der Waals surface area contributed by atoms with Gasteiger partial charge in [0.05, 0.1) is 33.8 Å². The molecule has 0 saturated carbocycles. The summed E-state index contributed by atoms with van der Waals surface area (Å²) >= 11 is 0. The number of nitrogens with zero attached hydrogens (tertiary/aromatic N) is 1.